The van der Waals surface area contributed by atoms with Gasteiger partial charge in [-0.15, -0.1) is 0 Å². The highest BCUT2D eigenvalue weighted by atomic mass is 35.5. The molecule has 0 fully saturated rings. The van der Waals surface area contributed by atoms with Gasteiger partial charge < -0.3 is 10.1 Å². The Morgan fingerprint density at radius 3 is 2.39 bits per heavy atom. The molecule has 2 aromatic rings. The molecule has 0 aromatic heterocycles. The van der Waals surface area contributed by atoms with Gasteiger partial charge >= 0.3 is 5.97 Å². The third kappa shape index (κ3) is 4.24. The molecule has 0 radical (unpaired) electrons. The van der Waals surface area contributed by atoms with Crippen molar-refractivity contribution in [2.75, 3.05) is 5.32 Å². The summed E-state index contributed by atoms with van der Waals surface area (Å²) in [5.41, 5.74) is 1.53. The molecule has 0 unspecified atom stereocenters. The summed E-state index contributed by atoms with van der Waals surface area (Å²) in [4.78, 5) is 24.2. The molecule has 120 valence electrons. The number of rotatable bonds is 4. The lowest BCUT2D eigenvalue weighted by Gasteiger charge is -2.15. The zero-order chi connectivity index (χ0) is 17.0. The zero-order valence-corrected chi connectivity index (χ0v) is 14.1. The van der Waals surface area contributed by atoms with Crippen LogP contribution in [0.3, 0.4) is 0 Å². The maximum absolute atomic E-state index is 12.2. The Morgan fingerprint density at radius 2 is 1.70 bits per heavy atom. The molecular weight excluding hydrogens is 337 g/mol. The molecule has 0 heterocycles. The van der Waals surface area contributed by atoms with E-state index in [0.717, 1.165) is 5.56 Å². The lowest BCUT2D eigenvalue weighted by Crippen LogP contribution is -2.30. The number of halogens is 2. The minimum absolute atomic E-state index is 0.216. The van der Waals surface area contributed by atoms with Gasteiger partial charge in [-0.25, -0.2) is 4.79 Å². The fourth-order valence-corrected chi connectivity index (χ4v) is 2.27. The summed E-state index contributed by atoms with van der Waals surface area (Å²) >= 11 is 11.9. The molecule has 2 aromatic carbocycles. The Hall–Kier alpha value is -2.04. The van der Waals surface area contributed by atoms with E-state index in [1.165, 1.54) is 13.0 Å². The molecule has 23 heavy (non-hydrogen) atoms. The molecule has 6 heteroatoms. The van der Waals surface area contributed by atoms with E-state index in [9.17, 15) is 9.59 Å². The van der Waals surface area contributed by atoms with Crippen LogP contribution in [0.5, 0.6) is 0 Å². The van der Waals surface area contributed by atoms with Gasteiger partial charge in [-0.3, -0.25) is 4.79 Å². The van der Waals surface area contributed by atoms with E-state index in [1.807, 2.05) is 0 Å². The van der Waals surface area contributed by atoms with E-state index in [-0.39, 0.29) is 10.6 Å². The van der Waals surface area contributed by atoms with Crippen molar-refractivity contribution in [3.8, 4) is 0 Å². The first-order valence-electron chi connectivity index (χ1n) is 6.91. The quantitative estimate of drug-likeness (QED) is 0.825. The van der Waals surface area contributed by atoms with Crippen LogP contribution in [0, 0.1) is 6.92 Å². The highest BCUT2D eigenvalue weighted by Crippen LogP contribution is 2.23. The van der Waals surface area contributed by atoms with E-state index in [2.05, 4.69) is 5.32 Å². The van der Waals surface area contributed by atoms with Crippen molar-refractivity contribution in [2.24, 2.45) is 0 Å². The van der Waals surface area contributed by atoms with E-state index in [4.69, 9.17) is 27.9 Å². The average Bonchev–Trinajstić information content (AvgIpc) is 2.52. The van der Waals surface area contributed by atoms with E-state index in [0.29, 0.717) is 10.7 Å². The van der Waals surface area contributed by atoms with Gasteiger partial charge in [0.05, 0.1) is 10.6 Å². The Labute approximate surface area is 144 Å². The predicted molar refractivity (Wildman–Crippen MR) is 91.1 cm³/mol. The molecule has 0 saturated heterocycles. The average molecular weight is 352 g/mol. The van der Waals surface area contributed by atoms with Crippen molar-refractivity contribution < 1.29 is 14.3 Å². The summed E-state index contributed by atoms with van der Waals surface area (Å²) in [6, 6.07) is 11.7. The second-order valence-electron chi connectivity index (χ2n) is 4.93. The minimum atomic E-state index is -0.975. The molecule has 0 bridgehead atoms. The summed E-state index contributed by atoms with van der Waals surface area (Å²) in [6.45, 7) is 3.28. The van der Waals surface area contributed by atoms with Gasteiger partial charge in [-0.2, -0.15) is 0 Å². The predicted octanol–water partition coefficient (Wildman–Crippen LogP) is 4.49. The van der Waals surface area contributed by atoms with Crippen molar-refractivity contribution in [3.05, 3.63) is 63.6 Å². The third-order valence-electron chi connectivity index (χ3n) is 3.27. The van der Waals surface area contributed by atoms with E-state index >= 15 is 0 Å². The monoisotopic (exact) mass is 351 g/mol. The lowest BCUT2D eigenvalue weighted by molar-refractivity contribution is -0.123. The topological polar surface area (TPSA) is 55.4 Å². The van der Waals surface area contributed by atoms with E-state index < -0.39 is 18.0 Å². The maximum atomic E-state index is 12.2. The molecule has 1 N–H and O–H groups in total. The smallest absolute Gasteiger partial charge is 0.340 e. The van der Waals surface area contributed by atoms with Crippen molar-refractivity contribution in [1.29, 1.82) is 0 Å². The van der Waals surface area contributed by atoms with Crippen molar-refractivity contribution >= 4 is 40.8 Å². The number of carbonyl (C=O) groups is 2. The zero-order valence-electron chi connectivity index (χ0n) is 12.6. The normalized spacial score (nSPS) is 11.7. The number of nitrogens with one attached hydrogen (secondary N) is 1. The van der Waals surface area contributed by atoms with Crippen LogP contribution < -0.4 is 5.32 Å². The lowest BCUT2D eigenvalue weighted by atomic mass is 10.2. The van der Waals surface area contributed by atoms with Crippen molar-refractivity contribution in [1.82, 2.24) is 0 Å². The Morgan fingerprint density at radius 1 is 1.04 bits per heavy atom. The van der Waals surface area contributed by atoms with E-state index in [1.54, 1.807) is 43.3 Å². The van der Waals surface area contributed by atoms with Crippen LogP contribution in [0.25, 0.3) is 0 Å². The van der Waals surface area contributed by atoms with Crippen molar-refractivity contribution in [2.45, 2.75) is 20.0 Å². The largest absolute Gasteiger partial charge is 0.449 e. The maximum Gasteiger partial charge on any atom is 0.340 e. The molecule has 0 spiro atoms. The van der Waals surface area contributed by atoms with Gasteiger partial charge in [0, 0.05) is 10.7 Å². The number of esters is 1. The Bertz CT molecular complexity index is 746. The fraction of sp³-hybridized carbons (Fsp3) is 0.176. The number of amides is 1. The van der Waals surface area contributed by atoms with Crippen LogP contribution in [0.2, 0.25) is 10.0 Å². The van der Waals surface area contributed by atoms with Gasteiger partial charge in [-0.1, -0.05) is 41.4 Å². The molecule has 4 nitrogen and oxygen atoms in total. The van der Waals surface area contributed by atoms with Gasteiger partial charge in [0.2, 0.25) is 0 Å². The molecule has 0 aliphatic heterocycles. The van der Waals surface area contributed by atoms with Crippen LogP contribution in [-0.2, 0) is 9.53 Å². The minimum Gasteiger partial charge on any atom is -0.449 e. The first-order chi connectivity index (χ1) is 10.9. The molecule has 1 amide bonds. The Balaban J connectivity index is 2.04. The fourth-order valence-electron chi connectivity index (χ4n) is 1.88. The molecule has 0 aliphatic rings. The molecule has 0 saturated carbocycles. The summed E-state index contributed by atoms with van der Waals surface area (Å²) in [5, 5.41) is 3.51. The summed E-state index contributed by atoms with van der Waals surface area (Å²) in [6.07, 6.45) is -0.975. The third-order valence-corrected chi connectivity index (χ3v) is 4.01. The number of benzene rings is 2. The first kappa shape index (κ1) is 17.3. The summed E-state index contributed by atoms with van der Waals surface area (Å²) in [7, 11) is 0. The number of hydrogen-bond donors (Lipinski definition) is 1. The number of anilines is 1. The number of ether oxygens (including phenoxy) is 1. The number of hydrogen-bond acceptors (Lipinski definition) is 3. The first-order valence-corrected chi connectivity index (χ1v) is 7.67. The molecule has 0 aliphatic carbocycles. The second-order valence-corrected chi connectivity index (χ2v) is 5.74. The summed E-state index contributed by atoms with van der Waals surface area (Å²) in [5.74, 6) is -1.10. The van der Waals surface area contributed by atoms with Crippen LogP contribution in [0.4, 0.5) is 5.69 Å². The molecular formula is C17H15Cl2NO3. The van der Waals surface area contributed by atoms with Gasteiger partial charge in [0.1, 0.15) is 0 Å². The van der Waals surface area contributed by atoms with Crippen LogP contribution >= 0.6 is 23.2 Å². The van der Waals surface area contributed by atoms with Gasteiger partial charge in [0.25, 0.3) is 5.91 Å². The van der Waals surface area contributed by atoms with Crippen LogP contribution in [0.15, 0.2) is 42.5 Å². The standard InChI is InChI=1S/C17H15Cl2NO3/c1-10-13(18)8-5-9-15(10)20-16(21)11(2)23-17(22)12-6-3-4-7-14(12)19/h3-9,11H,1-2H3,(H,20,21)/t11-/m0/s1. The van der Waals surface area contributed by atoms with Gasteiger partial charge in [-0.05, 0) is 43.7 Å². The highest BCUT2D eigenvalue weighted by Gasteiger charge is 2.21. The molecule has 2 rings (SSSR count). The molecule has 1 atom stereocenters. The van der Waals surface area contributed by atoms with Crippen LogP contribution in [0.1, 0.15) is 22.8 Å². The van der Waals surface area contributed by atoms with Gasteiger partial charge in [0.15, 0.2) is 6.10 Å². The summed E-state index contributed by atoms with van der Waals surface area (Å²) < 4.78 is 5.15. The SMILES string of the molecule is Cc1c(Cl)cccc1NC(=O)[C@H](C)OC(=O)c1ccccc1Cl. The Kier molecular flexibility index (Phi) is 5.64. The second kappa shape index (κ2) is 7.49. The van der Waals surface area contributed by atoms with Crippen molar-refractivity contribution in [3.63, 3.8) is 0 Å². The highest BCUT2D eigenvalue weighted by molar-refractivity contribution is 6.33. The van der Waals surface area contributed by atoms with Crippen LogP contribution in [-0.4, -0.2) is 18.0 Å². The number of carbonyl (C=O) groups excluding carboxylic acids is 2.